The monoisotopic (exact) mass is 216 g/mol. The number of carbonyl (C=O) groups excluding carboxylic acids is 1. The Labute approximate surface area is 93.8 Å². The molecule has 1 aromatic rings. The number of hydrogen-bond acceptors (Lipinski definition) is 3. The van der Waals surface area contributed by atoms with Gasteiger partial charge in [-0.25, -0.2) is 0 Å². The van der Waals surface area contributed by atoms with E-state index in [2.05, 4.69) is 5.32 Å². The van der Waals surface area contributed by atoms with Crippen LogP contribution in [0.3, 0.4) is 0 Å². The zero-order chi connectivity index (χ0) is 11.5. The number of amides is 1. The third kappa shape index (κ3) is 1.72. The molecule has 82 valence electrons. The van der Waals surface area contributed by atoms with Crippen LogP contribution in [0, 0.1) is 17.2 Å². The summed E-state index contributed by atoms with van der Waals surface area (Å²) in [6.07, 6.45) is 0. The summed E-state index contributed by atoms with van der Waals surface area (Å²) in [5.41, 5.74) is 0.991. The Morgan fingerprint density at radius 3 is 2.69 bits per heavy atom. The van der Waals surface area contributed by atoms with Crippen LogP contribution in [0.5, 0.6) is 5.75 Å². The third-order valence-corrected chi connectivity index (χ3v) is 2.86. The fourth-order valence-corrected chi connectivity index (χ4v) is 1.93. The molecule has 0 radical (unpaired) electrons. The van der Waals surface area contributed by atoms with E-state index >= 15 is 0 Å². The number of methoxy groups -OCH3 is 1. The zero-order valence-electron chi connectivity index (χ0n) is 8.93. The van der Waals surface area contributed by atoms with Gasteiger partial charge >= 0.3 is 0 Å². The number of hydrogen-bond donors (Lipinski definition) is 1. The Morgan fingerprint density at radius 2 is 2.12 bits per heavy atom. The molecule has 1 N–H and O–H groups in total. The molecule has 1 aliphatic rings. The highest BCUT2D eigenvalue weighted by Crippen LogP contribution is 2.29. The summed E-state index contributed by atoms with van der Waals surface area (Å²) in [7, 11) is 1.60. The topological polar surface area (TPSA) is 62.1 Å². The Morgan fingerprint density at radius 1 is 1.44 bits per heavy atom. The molecule has 0 aromatic heterocycles. The second-order valence-electron chi connectivity index (χ2n) is 3.73. The van der Waals surface area contributed by atoms with Gasteiger partial charge in [0.05, 0.1) is 13.2 Å². The largest absolute Gasteiger partial charge is 0.497 e. The maximum Gasteiger partial charge on any atom is 0.238 e. The summed E-state index contributed by atoms with van der Waals surface area (Å²) in [5, 5.41) is 11.6. The molecule has 1 fully saturated rings. The van der Waals surface area contributed by atoms with E-state index in [4.69, 9.17) is 10.00 Å². The first-order valence-corrected chi connectivity index (χ1v) is 5.07. The summed E-state index contributed by atoms with van der Waals surface area (Å²) >= 11 is 0. The molecular weight excluding hydrogens is 204 g/mol. The van der Waals surface area contributed by atoms with Gasteiger partial charge in [-0.15, -0.1) is 0 Å². The van der Waals surface area contributed by atoms with Crippen LogP contribution in [-0.4, -0.2) is 19.6 Å². The van der Waals surface area contributed by atoms with Gasteiger partial charge in [-0.05, 0) is 17.7 Å². The number of nitriles is 1. The quantitative estimate of drug-likeness (QED) is 0.803. The van der Waals surface area contributed by atoms with Gasteiger partial charge in [0, 0.05) is 12.5 Å². The van der Waals surface area contributed by atoms with Crippen molar-refractivity contribution in [3.8, 4) is 11.8 Å². The van der Waals surface area contributed by atoms with Gasteiger partial charge in [0.25, 0.3) is 0 Å². The van der Waals surface area contributed by atoms with Gasteiger partial charge in [-0.2, -0.15) is 5.26 Å². The number of ether oxygens (including phenoxy) is 1. The number of carbonyl (C=O) groups is 1. The second-order valence-corrected chi connectivity index (χ2v) is 3.73. The van der Waals surface area contributed by atoms with Gasteiger partial charge in [0.2, 0.25) is 5.91 Å². The first-order chi connectivity index (χ1) is 7.76. The van der Waals surface area contributed by atoms with Gasteiger partial charge in [-0.1, -0.05) is 12.1 Å². The van der Waals surface area contributed by atoms with Crippen molar-refractivity contribution in [1.29, 1.82) is 5.26 Å². The highest BCUT2D eigenvalue weighted by molar-refractivity contribution is 5.84. The fourth-order valence-electron chi connectivity index (χ4n) is 1.93. The predicted molar refractivity (Wildman–Crippen MR) is 57.8 cm³/mol. The summed E-state index contributed by atoms with van der Waals surface area (Å²) in [5.74, 6) is -0.0327. The third-order valence-electron chi connectivity index (χ3n) is 2.86. The van der Waals surface area contributed by atoms with Crippen molar-refractivity contribution in [2.24, 2.45) is 5.92 Å². The molecule has 0 spiro atoms. The summed E-state index contributed by atoms with van der Waals surface area (Å²) in [4.78, 5) is 11.4. The average molecular weight is 216 g/mol. The van der Waals surface area contributed by atoms with E-state index in [0.29, 0.717) is 6.54 Å². The van der Waals surface area contributed by atoms with Crippen LogP contribution in [0.2, 0.25) is 0 Å². The second kappa shape index (κ2) is 4.23. The van der Waals surface area contributed by atoms with E-state index in [1.165, 1.54) is 0 Å². The number of nitrogens with zero attached hydrogens (tertiary/aromatic N) is 1. The van der Waals surface area contributed by atoms with Crippen molar-refractivity contribution in [3.63, 3.8) is 0 Å². The van der Waals surface area contributed by atoms with E-state index in [1.54, 1.807) is 7.11 Å². The van der Waals surface area contributed by atoms with Gasteiger partial charge in [-0.3, -0.25) is 4.79 Å². The van der Waals surface area contributed by atoms with Crippen LogP contribution in [0.15, 0.2) is 24.3 Å². The van der Waals surface area contributed by atoms with Crippen LogP contribution in [0.25, 0.3) is 0 Å². The van der Waals surface area contributed by atoms with Crippen LogP contribution >= 0.6 is 0 Å². The molecule has 4 heteroatoms. The smallest absolute Gasteiger partial charge is 0.238 e. The molecule has 2 atom stereocenters. The number of nitrogens with one attached hydrogen (secondary N) is 1. The van der Waals surface area contributed by atoms with Crippen molar-refractivity contribution < 1.29 is 9.53 Å². The van der Waals surface area contributed by atoms with Gasteiger partial charge in [0.15, 0.2) is 0 Å². The summed E-state index contributed by atoms with van der Waals surface area (Å²) in [6, 6.07) is 9.52. The Bertz CT molecular complexity index is 433. The standard InChI is InChI=1S/C12H12N2O2/c1-16-9-4-2-8(3-5-9)11-7-14-12(15)10(11)6-13/h2-5,10-11H,7H2,1H3,(H,14,15). The van der Waals surface area contributed by atoms with E-state index in [1.807, 2.05) is 30.3 Å². The minimum atomic E-state index is -0.576. The molecule has 1 heterocycles. The SMILES string of the molecule is COc1ccc(C2CNC(=O)C2C#N)cc1. The summed E-state index contributed by atoms with van der Waals surface area (Å²) < 4.78 is 5.06. The van der Waals surface area contributed by atoms with Crippen LogP contribution in [0.4, 0.5) is 0 Å². The van der Waals surface area contributed by atoms with Crippen molar-refractivity contribution in [2.45, 2.75) is 5.92 Å². The molecule has 2 unspecified atom stereocenters. The molecule has 1 aliphatic heterocycles. The van der Waals surface area contributed by atoms with Gasteiger partial charge < -0.3 is 10.1 Å². The Balaban J connectivity index is 2.24. The fraction of sp³-hybridized carbons (Fsp3) is 0.333. The molecule has 1 aromatic carbocycles. The van der Waals surface area contributed by atoms with Crippen LogP contribution < -0.4 is 10.1 Å². The molecule has 0 saturated carbocycles. The lowest BCUT2D eigenvalue weighted by Gasteiger charge is -2.11. The Kier molecular flexibility index (Phi) is 2.78. The highest BCUT2D eigenvalue weighted by atomic mass is 16.5. The summed E-state index contributed by atoms with van der Waals surface area (Å²) in [6.45, 7) is 0.531. The van der Waals surface area contributed by atoms with E-state index in [9.17, 15) is 4.79 Å². The molecule has 0 aliphatic carbocycles. The van der Waals surface area contributed by atoms with Crippen LogP contribution in [0.1, 0.15) is 11.5 Å². The first kappa shape index (κ1) is 10.5. The minimum absolute atomic E-state index is 0.0524. The van der Waals surface area contributed by atoms with E-state index in [0.717, 1.165) is 11.3 Å². The molecule has 1 amide bonds. The predicted octanol–water partition coefficient (Wildman–Crippen LogP) is 1.05. The lowest BCUT2D eigenvalue weighted by molar-refractivity contribution is -0.121. The lowest BCUT2D eigenvalue weighted by atomic mass is 9.89. The minimum Gasteiger partial charge on any atom is -0.497 e. The maximum absolute atomic E-state index is 11.4. The van der Waals surface area contributed by atoms with E-state index < -0.39 is 5.92 Å². The molecule has 0 bridgehead atoms. The molecule has 2 rings (SSSR count). The number of benzene rings is 1. The van der Waals surface area contributed by atoms with Crippen LogP contribution in [-0.2, 0) is 4.79 Å². The zero-order valence-corrected chi connectivity index (χ0v) is 8.93. The molecule has 1 saturated heterocycles. The molecule has 16 heavy (non-hydrogen) atoms. The Hall–Kier alpha value is -2.02. The van der Waals surface area contributed by atoms with E-state index in [-0.39, 0.29) is 11.8 Å². The molecular formula is C12H12N2O2. The first-order valence-electron chi connectivity index (χ1n) is 5.07. The number of rotatable bonds is 2. The van der Waals surface area contributed by atoms with Crippen molar-refractivity contribution in [1.82, 2.24) is 5.32 Å². The highest BCUT2D eigenvalue weighted by Gasteiger charge is 2.35. The lowest BCUT2D eigenvalue weighted by Crippen LogP contribution is -2.18. The molecule has 4 nitrogen and oxygen atoms in total. The van der Waals surface area contributed by atoms with Gasteiger partial charge in [0.1, 0.15) is 11.7 Å². The normalized spacial score (nSPS) is 23.6. The maximum atomic E-state index is 11.4. The average Bonchev–Trinajstić information content (AvgIpc) is 2.70. The van der Waals surface area contributed by atoms with Crippen molar-refractivity contribution in [3.05, 3.63) is 29.8 Å². The van der Waals surface area contributed by atoms with Crippen molar-refractivity contribution in [2.75, 3.05) is 13.7 Å². The van der Waals surface area contributed by atoms with Crippen molar-refractivity contribution >= 4 is 5.91 Å².